The minimum absolute atomic E-state index is 0.546. The third-order valence-corrected chi connectivity index (χ3v) is 12.4. The van der Waals surface area contributed by atoms with E-state index in [2.05, 4.69) is 181 Å². The lowest BCUT2D eigenvalue weighted by atomic mass is 9.85. The number of benzene rings is 9. The van der Waals surface area contributed by atoms with Crippen LogP contribution in [0.5, 0.6) is 0 Å². The summed E-state index contributed by atoms with van der Waals surface area (Å²) < 4.78 is 2.37. The number of rotatable bonds is 11. The van der Waals surface area contributed by atoms with Crippen LogP contribution in [0.1, 0.15) is 5.82 Å². The summed E-state index contributed by atoms with van der Waals surface area (Å²) in [5.41, 5.74) is 11.0. The summed E-state index contributed by atoms with van der Waals surface area (Å²) in [6.45, 7) is 7.49. The number of aromatic nitrogens is 4. The van der Waals surface area contributed by atoms with Gasteiger partial charge in [-0.15, -0.1) is 0 Å². The van der Waals surface area contributed by atoms with Crippen molar-refractivity contribution in [3.8, 4) is 50.7 Å². The van der Waals surface area contributed by atoms with Crippen LogP contribution in [0, 0.1) is 0 Å². The van der Waals surface area contributed by atoms with Gasteiger partial charge in [-0.3, -0.25) is 4.99 Å². The summed E-state index contributed by atoms with van der Waals surface area (Å²) in [6.07, 6.45) is 14.9. The Morgan fingerprint density at radius 1 is 0.463 bits per heavy atom. The fourth-order valence-electron chi connectivity index (χ4n) is 9.43. The average Bonchev–Trinajstić information content (AvgIpc) is 3.72. The number of aliphatic imine (C=N–C) groups is 1. The molecule has 0 spiro atoms. The summed E-state index contributed by atoms with van der Waals surface area (Å²) in [7, 11) is 0. The van der Waals surface area contributed by atoms with Gasteiger partial charge in [-0.25, -0.2) is 15.0 Å². The van der Waals surface area contributed by atoms with Crippen molar-refractivity contribution in [2.45, 2.75) is 0 Å². The van der Waals surface area contributed by atoms with E-state index in [0.29, 0.717) is 17.5 Å². The molecule has 0 atom stereocenters. The van der Waals surface area contributed by atoms with Crippen molar-refractivity contribution in [1.82, 2.24) is 19.5 Å². The molecular weight excluding hydrogens is 815 g/mol. The zero-order valence-electron chi connectivity index (χ0n) is 36.7. The molecule has 316 valence electrons. The standard InChI is InChI=1S/C62H43N5/c1-3-42(21-18-19-40-63-2)22-20-35-58-64-61(43-23-6-4-7-24-43)66-62(65-58)60-52-32-14-12-30-50(52)59(51-31-13-15-33-53(51)60)54-38-37-46(47-27-10-11-28-48(47)54)44-36-39-57-55(41-44)49-29-16-17-34-56(49)67(57)45-25-8-5-9-26-45/h3-41H,1-2H2/b21-18+,35-20+,40-19-,42-22+. The van der Waals surface area contributed by atoms with E-state index in [-0.39, 0.29) is 0 Å². The molecule has 5 nitrogen and oxygen atoms in total. The molecule has 0 N–H and O–H groups in total. The number of nitrogens with zero attached hydrogens (tertiary/aromatic N) is 5. The van der Waals surface area contributed by atoms with E-state index in [4.69, 9.17) is 15.0 Å². The number of fused-ring (bicyclic) bond motifs is 6. The smallest absolute Gasteiger partial charge is 0.165 e. The highest BCUT2D eigenvalue weighted by Gasteiger charge is 2.22. The molecule has 2 aromatic heterocycles. The first-order valence-corrected chi connectivity index (χ1v) is 22.3. The molecule has 5 heteroatoms. The van der Waals surface area contributed by atoms with Crippen molar-refractivity contribution < 1.29 is 0 Å². The summed E-state index contributed by atoms with van der Waals surface area (Å²) in [6, 6.07) is 67.1. The molecule has 11 rings (SSSR count). The van der Waals surface area contributed by atoms with Gasteiger partial charge >= 0.3 is 0 Å². The van der Waals surface area contributed by atoms with Crippen molar-refractivity contribution in [1.29, 1.82) is 0 Å². The first-order valence-electron chi connectivity index (χ1n) is 22.3. The molecule has 0 unspecified atom stereocenters. The molecule has 9 aromatic carbocycles. The first-order chi connectivity index (χ1) is 33.2. The minimum atomic E-state index is 0.546. The predicted molar refractivity (Wildman–Crippen MR) is 284 cm³/mol. The quantitative estimate of drug-likeness (QED) is 0.0740. The number of hydrogen-bond acceptors (Lipinski definition) is 4. The maximum absolute atomic E-state index is 5.23. The number of allylic oxidation sites excluding steroid dienone is 7. The van der Waals surface area contributed by atoms with Crippen LogP contribution in [0.25, 0.3) is 111 Å². The molecule has 0 amide bonds. The normalized spacial score (nSPS) is 12.2. The molecule has 0 saturated heterocycles. The molecule has 0 radical (unpaired) electrons. The number of hydrogen-bond donors (Lipinski definition) is 0. The lowest BCUT2D eigenvalue weighted by Crippen LogP contribution is -2.01. The Labute approximate surface area is 389 Å². The Bertz CT molecular complexity index is 3780. The van der Waals surface area contributed by atoms with E-state index in [9.17, 15) is 0 Å². The van der Waals surface area contributed by atoms with Gasteiger partial charge in [0, 0.05) is 33.8 Å². The molecule has 0 aliphatic carbocycles. The monoisotopic (exact) mass is 857 g/mol. The van der Waals surface area contributed by atoms with Gasteiger partial charge in [0.2, 0.25) is 0 Å². The van der Waals surface area contributed by atoms with Crippen LogP contribution < -0.4 is 0 Å². The van der Waals surface area contributed by atoms with Crippen LogP contribution in [0.15, 0.2) is 248 Å². The van der Waals surface area contributed by atoms with Gasteiger partial charge in [-0.1, -0.05) is 195 Å². The van der Waals surface area contributed by atoms with Crippen LogP contribution >= 0.6 is 0 Å². The van der Waals surface area contributed by atoms with Crippen molar-refractivity contribution in [3.63, 3.8) is 0 Å². The first kappa shape index (κ1) is 40.7. The predicted octanol–water partition coefficient (Wildman–Crippen LogP) is 16.0. The van der Waals surface area contributed by atoms with Crippen LogP contribution in [0.3, 0.4) is 0 Å². The van der Waals surface area contributed by atoms with Crippen LogP contribution in [-0.2, 0) is 0 Å². The molecule has 0 saturated carbocycles. The molecule has 0 fully saturated rings. The largest absolute Gasteiger partial charge is 0.309 e. The molecule has 0 aliphatic rings. The van der Waals surface area contributed by atoms with E-state index in [1.807, 2.05) is 66.8 Å². The lowest BCUT2D eigenvalue weighted by Gasteiger charge is -2.19. The van der Waals surface area contributed by atoms with Gasteiger partial charge in [-0.2, -0.15) is 0 Å². The number of para-hydroxylation sites is 2. The van der Waals surface area contributed by atoms with Gasteiger partial charge in [-0.05, 0) is 109 Å². The zero-order chi connectivity index (χ0) is 45.1. The van der Waals surface area contributed by atoms with Gasteiger partial charge in [0.05, 0.1) is 11.0 Å². The van der Waals surface area contributed by atoms with E-state index < -0.39 is 0 Å². The Balaban J connectivity index is 1.09. The van der Waals surface area contributed by atoms with Crippen LogP contribution in [-0.4, -0.2) is 26.2 Å². The highest BCUT2D eigenvalue weighted by molar-refractivity contribution is 6.24. The zero-order valence-corrected chi connectivity index (χ0v) is 36.7. The van der Waals surface area contributed by atoms with Crippen molar-refractivity contribution in [2.24, 2.45) is 4.99 Å². The fraction of sp³-hybridized carbons (Fsp3) is 0. The third kappa shape index (κ3) is 7.54. The maximum Gasteiger partial charge on any atom is 0.165 e. The molecule has 2 heterocycles. The van der Waals surface area contributed by atoms with E-state index in [1.165, 1.54) is 54.8 Å². The van der Waals surface area contributed by atoms with E-state index in [0.717, 1.165) is 43.9 Å². The molecule has 0 aliphatic heterocycles. The van der Waals surface area contributed by atoms with Crippen LogP contribution in [0.2, 0.25) is 0 Å². The Hall–Kier alpha value is -9.06. The van der Waals surface area contributed by atoms with Crippen molar-refractivity contribution in [3.05, 3.63) is 249 Å². The summed E-state index contributed by atoms with van der Waals surface area (Å²) in [4.78, 5) is 19.1. The lowest BCUT2D eigenvalue weighted by molar-refractivity contribution is 1.05. The van der Waals surface area contributed by atoms with Crippen LogP contribution in [0.4, 0.5) is 0 Å². The maximum atomic E-state index is 5.23. The Kier molecular flexibility index (Phi) is 10.8. The second-order valence-electron chi connectivity index (χ2n) is 16.3. The fourth-order valence-corrected chi connectivity index (χ4v) is 9.43. The highest BCUT2D eigenvalue weighted by Crippen LogP contribution is 2.46. The summed E-state index contributed by atoms with van der Waals surface area (Å²) in [5, 5.41) is 9.20. The molecule has 11 aromatic rings. The second kappa shape index (κ2) is 17.8. The van der Waals surface area contributed by atoms with Gasteiger partial charge in [0.1, 0.15) is 0 Å². The topological polar surface area (TPSA) is 56.0 Å². The van der Waals surface area contributed by atoms with Gasteiger partial charge < -0.3 is 4.57 Å². The third-order valence-electron chi connectivity index (χ3n) is 12.4. The SMILES string of the molecule is C=CC(/C=C/C=C\N=C)=C\C=C\c1nc(-c2ccccc2)nc(-c2c3ccccc3c(-c3ccc(-c4ccc5c(c4)c4ccccc4n5-c4ccccc4)c4ccccc34)c3ccccc23)n1. The van der Waals surface area contributed by atoms with Crippen molar-refractivity contribution >= 4 is 66.9 Å². The van der Waals surface area contributed by atoms with Gasteiger partial charge in [0.15, 0.2) is 17.5 Å². The molecular formula is C62H43N5. The van der Waals surface area contributed by atoms with Crippen molar-refractivity contribution in [2.75, 3.05) is 0 Å². The minimum Gasteiger partial charge on any atom is -0.309 e. The second-order valence-corrected chi connectivity index (χ2v) is 16.3. The Morgan fingerprint density at radius 3 is 1.72 bits per heavy atom. The highest BCUT2D eigenvalue weighted by atomic mass is 15.0. The van der Waals surface area contributed by atoms with Gasteiger partial charge in [0.25, 0.3) is 0 Å². The molecule has 67 heavy (non-hydrogen) atoms. The summed E-state index contributed by atoms with van der Waals surface area (Å²) >= 11 is 0. The Morgan fingerprint density at radius 2 is 1.03 bits per heavy atom. The van der Waals surface area contributed by atoms with E-state index in [1.54, 1.807) is 12.3 Å². The summed E-state index contributed by atoms with van der Waals surface area (Å²) in [5.74, 6) is 1.75. The molecule has 0 bridgehead atoms. The average molecular weight is 858 g/mol. The van der Waals surface area contributed by atoms with E-state index >= 15 is 0 Å².